The van der Waals surface area contributed by atoms with Gasteiger partial charge in [0, 0.05) is 19.8 Å². The van der Waals surface area contributed by atoms with Gasteiger partial charge in [0.15, 0.2) is 0 Å². The maximum Gasteiger partial charge on any atom is 0.279 e. The van der Waals surface area contributed by atoms with Crippen LogP contribution in [0.3, 0.4) is 0 Å². The van der Waals surface area contributed by atoms with Crippen molar-refractivity contribution in [3.05, 3.63) is 18.2 Å². The molecule has 0 saturated carbocycles. The number of rotatable bonds is 1. The number of hydrogen-bond donors (Lipinski definition) is 0. The molecule has 0 N–H and O–H groups in total. The third-order valence-electron chi connectivity index (χ3n) is 2.22. The van der Waals surface area contributed by atoms with E-state index in [2.05, 4.69) is 9.98 Å². The molecule has 1 amide bonds. The van der Waals surface area contributed by atoms with E-state index in [9.17, 15) is 4.79 Å². The van der Waals surface area contributed by atoms with Crippen molar-refractivity contribution in [2.45, 2.75) is 6.92 Å². The predicted molar refractivity (Wildman–Crippen MR) is 52.2 cm³/mol. The second kappa shape index (κ2) is 3.25. The Balaban J connectivity index is 2.20. The molecule has 14 heavy (non-hydrogen) atoms. The average Bonchev–Trinajstić information content (AvgIpc) is 2.73. The predicted octanol–water partition coefficient (Wildman–Crippen LogP) is 0.294. The first-order valence-corrected chi connectivity index (χ1v) is 4.49. The lowest BCUT2D eigenvalue weighted by Gasteiger charge is -2.13. The quantitative estimate of drug-likeness (QED) is 0.642. The van der Waals surface area contributed by atoms with E-state index >= 15 is 0 Å². The molecule has 1 aromatic rings. The van der Waals surface area contributed by atoms with E-state index in [-0.39, 0.29) is 5.91 Å². The van der Waals surface area contributed by atoms with E-state index in [4.69, 9.17) is 0 Å². The molecule has 0 aliphatic carbocycles. The number of imidazole rings is 1. The van der Waals surface area contributed by atoms with Crippen LogP contribution in [0.5, 0.6) is 0 Å². The van der Waals surface area contributed by atoms with Crippen molar-refractivity contribution in [1.29, 1.82) is 0 Å². The molecule has 1 aromatic heterocycles. The minimum absolute atomic E-state index is 0.0654. The molecule has 2 rings (SSSR count). The number of carbonyl (C=O) groups excluding carboxylic acids is 1. The summed E-state index contributed by atoms with van der Waals surface area (Å²) in [5, 5.41) is 0. The van der Waals surface area contributed by atoms with Crippen molar-refractivity contribution in [2.24, 2.45) is 12.0 Å². The summed E-state index contributed by atoms with van der Waals surface area (Å²) in [6.07, 6.45) is 3.34. The number of amidine groups is 1. The van der Waals surface area contributed by atoms with Gasteiger partial charge in [0.2, 0.25) is 0 Å². The lowest BCUT2D eigenvalue weighted by atomic mass is 10.4. The summed E-state index contributed by atoms with van der Waals surface area (Å²) in [7, 11) is 1.84. The maximum atomic E-state index is 11.8. The number of aliphatic imine (C=N–C) groups is 1. The highest BCUT2D eigenvalue weighted by Gasteiger charge is 2.22. The fourth-order valence-corrected chi connectivity index (χ4v) is 1.47. The van der Waals surface area contributed by atoms with Crippen LogP contribution in [-0.4, -0.2) is 39.3 Å². The average molecular weight is 192 g/mol. The number of aromatic nitrogens is 2. The first-order valence-electron chi connectivity index (χ1n) is 4.49. The Morgan fingerprint density at radius 1 is 1.57 bits per heavy atom. The van der Waals surface area contributed by atoms with Gasteiger partial charge in [0.05, 0.1) is 12.9 Å². The summed E-state index contributed by atoms with van der Waals surface area (Å²) in [5.74, 6) is 0.713. The Bertz CT molecular complexity index is 393. The number of nitrogens with zero attached hydrogens (tertiary/aromatic N) is 4. The van der Waals surface area contributed by atoms with Gasteiger partial charge in [0.1, 0.15) is 11.5 Å². The normalized spacial score (nSPS) is 15.9. The molecule has 0 fully saturated rings. The lowest BCUT2D eigenvalue weighted by Crippen LogP contribution is -2.32. The Morgan fingerprint density at radius 2 is 2.36 bits per heavy atom. The van der Waals surface area contributed by atoms with Gasteiger partial charge in [-0.15, -0.1) is 0 Å². The summed E-state index contributed by atoms with van der Waals surface area (Å²) in [6, 6.07) is 0. The summed E-state index contributed by atoms with van der Waals surface area (Å²) in [4.78, 5) is 21.7. The Kier molecular flexibility index (Phi) is 2.07. The molecule has 1 aliphatic rings. The fourth-order valence-electron chi connectivity index (χ4n) is 1.47. The van der Waals surface area contributed by atoms with Crippen LogP contribution >= 0.6 is 0 Å². The van der Waals surface area contributed by atoms with Crippen molar-refractivity contribution in [1.82, 2.24) is 14.5 Å². The second-order valence-corrected chi connectivity index (χ2v) is 3.31. The molecular weight excluding hydrogens is 180 g/mol. The van der Waals surface area contributed by atoms with Crippen LogP contribution in [0, 0.1) is 0 Å². The SMILES string of the molecule is CC1=NCCN1C(=O)c1cn(C)cn1. The van der Waals surface area contributed by atoms with E-state index in [1.165, 1.54) is 0 Å². The molecule has 0 bridgehead atoms. The van der Waals surface area contributed by atoms with Gasteiger partial charge in [-0.1, -0.05) is 0 Å². The summed E-state index contributed by atoms with van der Waals surface area (Å²) < 4.78 is 1.76. The molecule has 5 nitrogen and oxygen atoms in total. The highest BCUT2D eigenvalue weighted by molar-refractivity contribution is 6.05. The van der Waals surface area contributed by atoms with E-state index in [1.807, 2.05) is 14.0 Å². The lowest BCUT2D eigenvalue weighted by molar-refractivity contribution is 0.0852. The topological polar surface area (TPSA) is 50.5 Å². The van der Waals surface area contributed by atoms with Crippen LogP contribution in [0.1, 0.15) is 17.4 Å². The Hall–Kier alpha value is -1.65. The van der Waals surface area contributed by atoms with Gasteiger partial charge in [-0.3, -0.25) is 14.7 Å². The Labute approximate surface area is 82.1 Å². The van der Waals surface area contributed by atoms with Gasteiger partial charge in [0.25, 0.3) is 5.91 Å². The maximum absolute atomic E-state index is 11.8. The van der Waals surface area contributed by atoms with Crippen LogP contribution in [0.25, 0.3) is 0 Å². The van der Waals surface area contributed by atoms with E-state index in [1.54, 1.807) is 22.0 Å². The van der Waals surface area contributed by atoms with Crippen LogP contribution in [-0.2, 0) is 7.05 Å². The van der Waals surface area contributed by atoms with Gasteiger partial charge in [-0.25, -0.2) is 4.98 Å². The minimum Gasteiger partial charge on any atom is -0.340 e. The molecule has 0 aromatic carbocycles. The zero-order valence-corrected chi connectivity index (χ0v) is 8.27. The summed E-state index contributed by atoms with van der Waals surface area (Å²) in [5.41, 5.74) is 0.476. The molecule has 2 heterocycles. The van der Waals surface area contributed by atoms with Gasteiger partial charge < -0.3 is 4.57 Å². The zero-order valence-electron chi connectivity index (χ0n) is 8.27. The van der Waals surface area contributed by atoms with Crippen LogP contribution in [0.2, 0.25) is 0 Å². The van der Waals surface area contributed by atoms with E-state index in [0.29, 0.717) is 18.8 Å². The summed E-state index contributed by atoms with van der Waals surface area (Å²) in [6.45, 7) is 3.21. The van der Waals surface area contributed by atoms with Crippen molar-refractivity contribution in [2.75, 3.05) is 13.1 Å². The van der Waals surface area contributed by atoms with Gasteiger partial charge >= 0.3 is 0 Å². The molecule has 0 atom stereocenters. The van der Waals surface area contributed by atoms with E-state index < -0.39 is 0 Å². The number of aryl methyl sites for hydroxylation is 1. The van der Waals surface area contributed by atoms with Gasteiger partial charge in [-0.05, 0) is 6.92 Å². The first kappa shape index (κ1) is 8.93. The Morgan fingerprint density at radius 3 is 2.86 bits per heavy atom. The first-order chi connectivity index (χ1) is 6.68. The molecule has 0 unspecified atom stereocenters. The second-order valence-electron chi connectivity index (χ2n) is 3.31. The fraction of sp³-hybridized carbons (Fsp3) is 0.444. The van der Waals surface area contributed by atoms with Crippen molar-refractivity contribution >= 4 is 11.7 Å². The van der Waals surface area contributed by atoms with Crippen molar-refractivity contribution in [3.8, 4) is 0 Å². The molecular formula is C9H12N4O. The number of hydrogen-bond acceptors (Lipinski definition) is 3. The molecule has 0 saturated heterocycles. The third kappa shape index (κ3) is 1.41. The minimum atomic E-state index is -0.0654. The van der Waals surface area contributed by atoms with Gasteiger partial charge in [-0.2, -0.15) is 0 Å². The third-order valence-corrected chi connectivity index (χ3v) is 2.22. The number of amides is 1. The highest BCUT2D eigenvalue weighted by Crippen LogP contribution is 2.07. The smallest absolute Gasteiger partial charge is 0.279 e. The molecule has 0 radical (unpaired) electrons. The van der Waals surface area contributed by atoms with Crippen LogP contribution < -0.4 is 0 Å². The molecule has 1 aliphatic heterocycles. The van der Waals surface area contributed by atoms with Crippen molar-refractivity contribution in [3.63, 3.8) is 0 Å². The molecule has 74 valence electrons. The highest BCUT2D eigenvalue weighted by atomic mass is 16.2. The molecule has 5 heteroatoms. The largest absolute Gasteiger partial charge is 0.340 e. The number of carbonyl (C=O) groups is 1. The van der Waals surface area contributed by atoms with Crippen LogP contribution in [0.4, 0.5) is 0 Å². The van der Waals surface area contributed by atoms with Crippen molar-refractivity contribution < 1.29 is 4.79 Å². The van der Waals surface area contributed by atoms with E-state index in [0.717, 1.165) is 5.84 Å². The summed E-state index contributed by atoms with van der Waals surface area (Å²) >= 11 is 0. The van der Waals surface area contributed by atoms with Crippen LogP contribution in [0.15, 0.2) is 17.5 Å². The zero-order chi connectivity index (χ0) is 10.1. The monoisotopic (exact) mass is 192 g/mol. The molecule has 0 spiro atoms. The standard InChI is InChI=1S/C9H12N4O/c1-7-10-3-4-13(7)9(14)8-5-12(2)6-11-8/h5-6H,3-4H2,1-2H3.